The van der Waals surface area contributed by atoms with E-state index in [4.69, 9.17) is 21.1 Å². The number of hydrogen-bond donors (Lipinski definition) is 1. The van der Waals surface area contributed by atoms with Gasteiger partial charge in [0.15, 0.2) is 11.6 Å². The van der Waals surface area contributed by atoms with Crippen LogP contribution in [0.1, 0.15) is 6.92 Å². The van der Waals surface area contributed by atoms with Gasteiger partial charge in [-0.1, -0.05) is 11.6 Å². The van der Waals surface area contributed by atoms with Gasteiger partial charge in [-0.2, -0.15) is 0 Å². The molecule has 6 nitrogen and oxygen atoms in total. The van der Waals surface area contributed by atoms with Crippen LogP contribution in [0.3, 0.4) is 0 Å². The number of hydrogen-bond acceptors (Lipinski definition) is 4. The van der Waals surface area contributed by atoms with E-state index < -0.39 is 30.0 Å². The number of nitrogens with one attached hydrogen (secondary N) is 1. The molecule has 27 heavy (non-hydrogen) atoms. The van der Waals surface area contributed by atoms with Gasteiger partial charge >= 0.3 is 0 Å². The maximum absolute atomic E-state index is 13.5. The van der Waals surface area contributed by atoms with Gasteiger partial charge in [-0.3, -0.25) is 9.59 Å². The smallest absolute Gasteiger partial charge is 0.244 e. The summed E-state index contributed by atoms with van der Waals surface area (Å²) in [5.74, 6) is -2.67. The molecule has 1 N–H and O–H groups in total. The summed E-state index contributed by atoms with van der Waals surface area (Å²) in [7, 11) is 2.82. The molecule has 0 unspecified atom stereocenters. The van der Waals surface area contributed by atoms with Crippen molar-refractivity contribution in [1.82, 2.24) is 0 Å². The van der Waals surface area contributed by atoms with Crippen molar-refractivity contribution in [2.75, 3.05) is 31.0 Å². The van der Waals surface area contributed by atoms with Crippen LogP contribution >= 0.6 is 11.6 Å². The SMILES string of the molecule is COc1cc(NC(=O)CN(C(C)=O)c2ccc(F)c(F)c2)c(OC)cc1Cl. The van der Waals surface area contributed by atoms with Crippen molar-refractivity contribution < 1.29 is 27.8 Å². The van der Waals surface area contributed by atoms with E-state index in [9.17, 15) is 18.4 Å². The molecule has 0 aliphatic carbocycles. The van der Waals surface area contributed by atoms with Crippen molar-refractivity contribution in [2.45, 2.75) is 6.92 Å². The van der Waals surface area contributed by atoms with Crippen molar-refractivity contribution in [2.24, 2.45) is 0 Å². The lowest BCUT2D eigenvalue weighted by Crippen LogP contribution is -2.36. The first kappa shape index (κ1) is 20.4. The molecular weight excluding hydrogens is 382 g/mol. The van der Waals surface area contributed by atoms with Crippen LogP contribution in [0.4, 0.5) is 20.2 Å². The summed E-state index contributed by atoms with van der Waals surface area (Å²) in [5.41, 5.74) is 0.328. The van der Waals surface area contributed by atoms with Gasteiger partial charge in [0, 0.05) is 30.8 Å². The van der Waals surface area contributed by atoms with E-state index in [1.54, 1.807) is 0 Å². The second kappa shape index (κ2) is 8.68. The second-order valence-corrected chi connectivity index (χ2v) is 5.85. The Morgan fingerprint density at radius 1 is 1.07 bits per heavy atom. The third kappa shape index (κ3) is 4.85. The molecule has 0 heterocycles. The highest BCUT2D eigenvalue weighted by molar-refractivity contribution is 6.32. The summed E-state index contributed by atoms with van der Waals surface area (Å²) in [5, 5.41) is 2.87. The van der Waals surface area contributed by atoms with Crippen LogP contribution in [0.25, 0.3) is 0 Å². The van der Waals surface area contributed by atoms with Crippen molar-refractivity contribution in [1.29, 1.82) is 0 Å². The molecule has 2 rings (SSSR count). The molecule has 9 heteroatoms. The van der Waals surface area contributed by atoms with Gasteiger partial charge < -0.3 is 19.7 Å². The van der Waals surface area contributed by atoms with Gasteiger partial charge in [-0.05, 0) is 12.1 Å². The number of nitrogens with zero attached hydrogens (tertiary/aromatic N) is 1. The Hall–Kier alpha value is -2.87. The third-order valence-corrected chi connectivity index (χ3v) is 3.94. The first-order chi connectivity index (χ1) is 12.8. The zero-order chi connectivity index (χ0) is 20.1. The fraction of sp³-hybridized carbons (Fsp3) is 0.222. The summed E-state index contributed by atoms with van der Waals surface area (Å²) in [4.78, 5) is 25.3. The molecule has 0 aliphatic heterocycles. The van der Waals surface area contributed by atoms with Crippen LogP contribution in [-0.2, 0) is 9.59 Å². The van der Waals surface area contributed by atoms with Crippen LogP contribution in [-0.4, -0.2) is 32.6 Å². The first-order valence-electron chi connectivity index (χ1n) is 7.71. The van der Waals surface area contributed by atoms with E-state index in [1.165, 1.54) is 39.3 Å². The van der Waals surface area contributed by atoms with Crippen LogP contribution in [0.5, 0.6) is 11.5 Å². The molecule has 2 amide bonds. The fourth-order valence-electron chi connectivity index (χ4n) is 2.33. The maximum atomic E-state index is 13.5. The average molecular weight is 399 g/mol. The Balaban J connectivity index is 2.24. The number of methoxy groups -OCH3 is 2. The molecule has 2 aromatic carbocycles. The predicted octanol–water partition coefficient (Wildman–Crippen LogP) is 3.63. The molecule has 0 radical (unpaired) electrons. The summed E-state index contributed by atoms with van der Waals surface area (Å²) < 4.78 is 36.8. The summed E-state index contributed by atoms with van der Waals surface area (Å²) in [6, 6.07) is 5.86. The number of ether oxygens (including phenoxy) is 2. The quantitative estimate of drug-likeness (QED) is 0.807. The summed E-state index contributed by atoms with van der Waals surface area (Å²) in [6.45, 7) is 0.787. The molecule has 0 saturated carbocycles. The number of amides is 2. The van der Waals surface area contributed by atoms with Gasteiger partial charge in [0.2, 0.25) is 11.8 Å². The molecule has 0 bridgehead atoms. The normalized spacial score (nSPS) is 10.3. The van der Waals surface area contributed by atoms with Crippen LogP contribution in [0.2, 0.25) is 5.02 Å². The molecule has 144 valence electrons. The number of carbonyl (C=O) groups is 2. The van der Waals surface area contributed by atoms with Gasteiger partial charge in [-0.25, -0.2) is 8.78 Å². The van der Waals surface area contributed by atoms with Crippen molar-refractivity contribution in [3.05, 3.63) is 47.0 Å². The highest BCUT2D eigenvalue weighted by atomic mass is 35.5. The largest absolute Gasteiger partial charge is 0.495 e. The molecule has 0 aromatic heterocycles. The molecule has 0 spiro atoms. The van der Waals surface area contributed by atoms with E-state index >= 15 is 0 Å². The standard InChI is InChI=1S/C18H17ClF2N2O4/c1-10(24)23(11-4-5-13(20)14(21)6-11)9-18(25)22-15-8-16(26-2)12(19)7-17(15)27-3/h4-8H,9H2,1-3H3,(H,22,25). The summed E-state index contributed by atoms with van der Waals surface area (Å²) in [6.07, 6.45) is 0. The number of rotatable bonds is 6. The van der Waals surface area contributed by atoms with E-state index in [0.717, 1.165) is 17.0 Å². The summed E-state index contributed by atoms with van der Waals surface area (Å²) >= 11 is 6.01. The minimum absolute atomic E-state index is 0.0530. The number of benzene rings is 2. The van der Waals surface area contributed by atoms with E-state index in [-0.39, 0.29) is 17.1 Å². The Bertz CT molecular complexity index is 877. The maximum Gasteiger partial charge on any atom is 0.244 e. The van der Waals surface area contributed by atoms with Crippen LogP contribution < -0.4 is 19.7 Å². The molecule has 0 aliphatic rings. The number of halogens is 3. The molecule has 2 aromatic rings. The Morgan fingerprint density at radius 2 is 1.74 bits per heavy atom. The third-order valence-electron chi connectivity index (χ3n) is 3.64. The van der Waals surface area contributed by atoms with Gasteiger partial charge in [0.25, 0.3) is 0 Å². The van der Waals surface area contributed by atoms with E-state index in [2.05, 4.69) is 5.32 Å². The monoisotopic (exact) mass is 398 g/mol. The van der Waals surface area contributed by atoms with Crippen molar-refractivity contribution in [3.63, 3.8) is 0 Å². The van der Waals surface area contributed by atoms with Crippen molar-refractivity contribution in [3.8, 4) is 11.5 Å². The Labute approximate surface area is 159 Å². The Kier molecular flexibility index (Phi) is 6.57. The van der Waals surface area contributed by atoms with E-state index in [1.807, 2.05) is 0 Å². The highest BCUT2D eigenvalue weighted by Gasteiger charge is 2.19. The second-order valence-electron chi connectivity index (χ2n) is 5.44. The number of anilines is 2. The number of carbonyl (C=O) groups excluding carboxylic acids is 2. The van der Waals surface area contributed by atoms with Crippen LogP contribution in [0, 0.1) is 11.6 Å². The zero-order valence-electron chi connectivity index (χ0n) is 14.8. The minimum Gasteiger partial charge on any atom is -0.495 e. The highest BCUT2D eigenvalue weighted by Crippen LogP contribution is 2.35. The molecule has 0 atom stereocenters. The topological polar surface area (TPSA) is 67.9 Å². The Morgan fingerprint density at radius 3 is 2.30 bits per heavy atom. The van der Waals surface area contributed by atoms with Gasteiger partial charge in [0.05, 0.1) is 24.9 Å². The van der Waals surface area contributed by atoms with Crippen molar-refractivity contribution >= 4 is 34.8 Å². The molecular formula is C18H17ClF2N2O4. The lowest BCUT2D eigenvalue weighted by atomic mass is 10.2. The fourth-order valence-corrected chi connectivity index (χ4v) is 2.56. The van der Waals surface area contributed by atoms with Gasteiger partial charge in [-0.15, -0.1) is 0 Å². The molecule has 0 saturated heterocycles. The lowest BCUT2D eigenvalue weighted by Gasteiger charge is -2.21. The average Bonchev–Trinajstić information content (AvgIpc) is 2.63. The van der Waals surface area contributed by atoms with Gasteiger partial charge in [0.1, 0.15) is 18.0 Å². The van der Waals surface area contributed by atoms with Crippen LogP contribution in [0.15, 0.2) is 30.3 Å². The lowest BCUT2D eigenvalue weighted by molar-refractivity contribution is -0.120. The minimum atomic E-state index is -1.12. The predicted molar refractivity (Wildman–Crippen MR) is 97.6 cm³/mol. The zero-order valence-corrected chi connectivity index (χ0v) is 15.6. The first-order valence-corrected chi connectivity index (χ1v) is 8.09. The molecule has 0 fully saturated rings. The van der Waals surface area contributed by atoms with E-state index in [0.29, 0.717) is 10.8 Å².